The molecule has 1 heterocycles. The fourth-order valence-corrected chi connectivity index (χ4v) is 2.86. The molecule has 0 amide bonds. The lowest BCUT2D eigenvalue weighted by atomic mass is 9.95. The Labute approximate surface area is 127 Å². The second-order valence-corrected chi connectivity index (χ2v) is 7.03. The first-order valence-electron chi connectivity index (χ1n) is 8.63. The van der Waals surface area contributed by atoms with Crippen molar-refractivity contribution in [2.75, 3.05) is 33.2 Å². The largest absolute Gasteiger partial charge is 0.311 e. The molecule has 1 saturated heterocycles. The quantitative estimate of drug-likeness (QED) is 0.691. The van der Waals surface area contributed by atoms with Crippen molar-refractivity contribution >= 4 is 0 Å². The van der Waals surface area contributed by atoms with E-state index in [4.69, 9.17) is 0 Å². The Morgan fingerprint density at radius 2 is 1.95 bits per heavy atom. The van der Waals surface area contributed by atoms with Crippen LogP contribution in [0.3, 0.4) is 0 Å². The first-order valence-corrected chi connectivity index (χ1v) is 8.63. The van der Waals surface area contributed by atoms with Gasteiger partial charge < -0.3 is 10.2 Å². The molecular weight excluding hydrogens is 246 g/mol. The maximum atomic E-state index is 3.72. The summed E-state index contributed by atoms with van der Waals surface area (Å²) in [6, 6.07) is 2.05. The van der Waals surface area contributed by atoms with Gasteiger partial charge in [-0.2, -0.15) is 0 Å². The first kappa shape index (κ1) is 17.9. The molecule has 120 valence electrons. The summed E-state index contributed by atoms with van der Waals surface area (Å²) in [5, 5.41) is 3.72. The molecule has 3 atom stereocenters. The van der Waals surface area contributed by atoms with Crippen LogP contribution < -0.4 is 5.32 Å². The average molecular weight is 284 g/mol. The summed E-state index contributed by atoms with van der Waals surface area (Å²) in [5.41, 5.74) is 0. The smallest absolute Gasteiger partial charge is 0.0221 e. The monoisotopic (exact) mass is 283 g/mol. The predicted octanol–water partition coefficient (Wildman–Crippen LogP) is 2.82. The van der Waals surface area contributed by atoms with Crippen LogP contribution >= 0.6 is 0 Å². The molecule has 1 N–H and O–H groups in total. The highest BCUT2D eigenvalue weighted by molar-refractivity contribution is 4.86. The predicted molar refractivity (Wildman–Crippen MR) is 89.3 cm³/mol. The Bertz CT molecular complexity index is 255. The molecule has 0 bridgehead atoms. The van der Waals surface area contributed by atoms with Crippen LogP contribution in [0, 0.1) is 5.92 Å². The molecule has 0 aromatic rings. The number of hydrogen-bond donors (Lipinski definition) is 1. The topological polar surface area (TPSA) is 18.5 Å². The summed E-state index contributed by atoms with van der Waals surface area (Å²) in [6.45, 7) is 16.5. The van der Waals surface area contributed by atoms with Gasteiger partial charge in [0, 0.05) is 31.2 Å². The van der Waals surface area contributed by atoms with E-state index in [9.17, 15) is 0 Å². The van der Waals surface area contributed by atoms with E-state index in [-0.39, 0.29) is 0 Å². The third-order valence-corrected chi connectivity index (χ3v) is 5.15. The fourth-order valence-electron chi connectivity index (χ4n) is 2.86. The molecule has 0 saturated carbocycles. The van der Waals surface area contributed by atoms with Gasteiger partial charge in [-0.1, -0.05) is 20.3 Å². The Kier molecular flexibility index (Phi) is 8.08. The number of unbranched alkanes of at least 4 members (excludes halogenated alkanes) is 1. The second kappa shape index (κ2) is 9.01. The van der Waals surface area contributed by atoms with E-state index in [1.807, 2.05) is 0 Å². The third-order valence-electron chi connectivity index (χ3n) is 5.15. The van der Waals surface area contributed by atoms with Crippen molar-refractivity contribution in [3.63, 3.8) is 0 Å². The van der Waals surface area contributed by atoms with E-state index in [1.165, 1.54) is 38.9 Å². The van der Waals surface area contributed by atoms with E-state index in [0.717, 1.165) is 12.5 Å². The molecule has 0 aromatic carbocycles. The zero-order valence-electron chi connectivity index (χ0n) is 14.7. The summed E-state index contributed by atoms with van der Waals surface area (Å²) in [7, 11) is 2.23. The Morgan fingerprint density at radius 3 is 2.55 bits per heavy atom. The minimum absolute atomic E-state index is 0.669. The molecule has 0 aromatic heterocycles. The molecule has 3 heteroatoms. The zero-order valence-corrected chi connectivity index (χ0v) is 14.7. The summed E-state index contributed by atoms with van der Waals surface area (Å²) in [6.07, 6.45) is 3.92. The van der Waals surface area contributed by atoms with Crippen LogP contribution in [0.15, 0.2) is 0 Å². The molecule has 0 aliphatic carbocycles. The normalized spacial score (nSPS) is 26.4. The molecule has 1 fully saturated rings. The van der Waals surface area contributed by atoms with Gasteiger partial charge >= 0.3 is 0 Å². The lowest BCUT2D eigenvalue weighted by Gasteiger charge is -2.41. The maximum absolute atomic E-state index is 3.72. The molecule has 0 radical (unpaired) electrons. The molecule has 1 rings (SSSR count). The zero-order chi connectivity index (χ0) is 15.1. The van der Waals surface area contributed by atoms with Crippen molar-refractivity contribution in [2.24, 2.45) is 5.92 Å². The molecule has 0 spiro atoms. The highest BCUT2D eigenvalue weighted by atomic mass is 15.2. The lowest BCUT2D eigenvalue weighted by molar-refractivity contribution is 0.115. The van der Waals surface area contributed by atoms with Crippen LogP contribution in [0.2, 0.25) is 0 Å². The van der Waals surface area contributed by atoms with Crippen molar-refractivity contribution in [2.45, 2.75) is 72.0 Å². The van der Waals surface area contributed by atoms with Gasteiger partial charge in [-0.05, 0) is 59.7 Å². The third kappa shape index (κ3) is 5.71. The van der Waals surface area contributed by atoms with E-state index in [1.54, 1.807) is 0 Å². The number of nitrogens with one attached hydrogen (secondary N) is 1. The Balaban J connectivity index is 2.27. The SMILES string of the molecule is CCC(C)C1CN(CCCCN(C)C(C)C)C(C)CN1. The second-order valence-electron chi connectivity index (χ2n) is 7.03. The van der Waals surface area contributed by atoms with E-state index in [2.05, 4.69) is 56.8 Å². The van der Waals surface area contributed by atoms with Crippen molar-refractivity contribution in [1.82, 2.24) is 15.1 Å². The standard InChI is InChI=1S/C17H37N3/c1-7-15(4)17-13-20(16(5)12-18-17)11-9-8-10-19(6)14(2)3/h14-18H,7-13H2,1-6H3. The Morgan fingerprint density at radius 1 is 1.25 bits per heavy atom. The van der Waals surface area contributed by atoms with Gasteiger partial charge in [0.15, 0.2) is 0 Å². The lowest BCUT2D eigenvalue weighted by Crippen LogP contribution is -2.57. The highest BCUT2D eigenvalue weighted by Crippen LogP contribution is 2.16. The van der Waals surface area contributed by atoms with Crippen LogP contribution in [0.25, 0.3) is 0 Å². The molecular formula is C17H37N3. The van der Waals surface area contributed by atoms with Crippen molar-refractivity contribution in [3.05, 3.63) is 0 Å². The summed E-state index contributed by atoms with van der Waals surface area (Å²) in [5.74, 6) is 0.789. The number of rotatable bonds is 8. The van der Waals surface area contributed by atoms with Gasteiger partial charge in [0.25, 0.3) is 0 Å². The Hall–Kier alpha value is -0.120. The van der Waals surface area contributed by atoms with Crippen LogP contribution in [-0.4, -0.2) is 61.2 Å². The van der Waals surface area contributed by atoms with Crippen molar-refractivity contribution in [3.8, 4) is 0 Å². The minimum Gasteiger partial charge on any atom is -0.311 e. The number of hydrogen-bond acceptors (Lipinski definition) is 3. The van der Waals surface area contributed by atoms with Crippen molar-refractivity contribution < 1.29 is 0 Å². The molecule has 20 heavy (non-hydrogen) atoms. The van der Waals surface area contributed by atoms with Gasteiger partial charge in [0.1, 0.15) is 0 Å². The van der Waals surface area contributed by atoms with Gasteiger partial charge in [0.05, 0.1) is 0 Å². The molecule has 3 nitrogen and oxygen atoms in total. The summed E-state index contributed by atoms with van der Waals surface area (Å²) >= 11 is 0. The first-order chi connectivity index (χ1) is 9.45. The number of nitrogens with zero attached hydrogens (tertiary/aromatic N) is 2. The van der Waals surface area contributed by atoms with E-state index < -0.39 is 0 Å². The number of piperazine rings is 1. The maximum Gasteiger partial charge on any atom is 0.0221 e. The average Bonchev–Trinajstić information content (AvgIpc) is 2.43. The van der Waals surface area contributed by atoms with Crippen LogP contribution in [0.5, 0.6) is 0 Å². The van der Waals surface area contributed by atoms with Gasteiger partial charge in [-0.25, -0.2) is 0 Å². The van der Waals surface area contributed by atoms with Gasteiger partial charge in [-0.3, -0.25) is 4.90 Å². The van der Waals surface area contributed by atoms with Crippen LogP contribution in [0.1, 0.15) is 53.9 Å². The summed E-state index contributed by atoms with van der Waals surface area (Å²) in [4.78, 5) is 5.14. The molecule has 1 aliphatic heterocycles. The van der Waals surface area contributed by atoms with Gasteiger partial charge in [-0.15, -0.1) is 0 Å². The molecule has 1 aliphatic rings. The molecule has 3 unspecified atom stereocenters. The minimum atomic E-state index is 0.669. The van der Waals surface area contributed by atoms with Gasteiger partial charge in [0.2, 0.25) is 0 Å². The van der Waals surface area contributed by atoms with Crippen LogP contribution in [0.4, 0.5) is 0 Å². The van der Waals surface area contributed by atoms with E-state index in [0.29, 0.717) is 18.1 Å². The summed E-state index contributed by atoms with van der Waals surface area (Å²) < 4.78 is 0. The van der Waals surface area contributed by atoms with Crippen molar-refractivity contribution in [1.29, 1.82) is 0 Å². The van der Waals surface area contributed by atoms with Crippen LogP contribution in [-0.2, 0) is 0 Å². The highest BCUT2D eigenvalue weighted by Gasteiger charge is 2.27. The van der Waals surface area contributed by atoms with E-state index >= 15 is 0 Å². The fraction of sp³-hybridized carbons (Fsp3) is 1.00.